The molecule has 85 valence electrons. The second-order valence-corrected chi connectivity index (χ2v) is 5.60. The van der Waals surface area contributed by atoms with Crippen LogP contribution in [0.5, 0.6) is 0 Å². The van der Waals surface area contributed by atoms with E-state index in [1.165, 1.54) is 32.1 Å². The van der Waals surface area contributed by atoms with Gasteiger partial charge in [-0.15, -0.1) is 0 Å². The van der Waals surface area contributed by atoms with Gasteiger partial charge in [0.25, 0.3) is 0 Å². The van der Waals surface area contributed by atoms with E-state index in [4.69, 9.17) is 0 Å². The Hall–Kier alpha value is 0. The summed E-state index contributed by atoms with van der Waals surface area (Å²) in [5, 5.41) is 0. The fourth-order valence-corrected chi connectivity index (χ4v) is 1.91. The van der Waals surface area contributed by atoms with Crippen molar-refractivity contribution < 1.29 is 0 Å². The van der Waals surface area contributed by atoms with Crippen molar-refractivity contribution >= 4 is 0 Å². The smallest absolute Gasteiger partial charge is 0.0326 e. The molecule has 0 aromatic heterocycles. The Morgan fingerprint density at radius 3 is 2.07 bits per heavy atom. The van der Waals surface area contributed by atoms with Gasteiger partial charge >= 0.3 is 0 Å². The van der Waals surface area contributed by atoms with E-state index >= 15 is 0 Å². The van der Waals surface area contributed by atoms with Crippen LogP contribution in [0.1, 0.15) is 66.7 Å². The maximum absolute atomic E-state index is 4.24. The molecule has 2 atom stereocenters. The van der Waals surface area contributed by atoms with Gasteiger partial charge < -0.3 is 0 Å². The lowest BCUT2D eigenvalue weighted by molar-refractivity contribution is 0.205. The fraction of sp³-hybridized carbons (Fsp3) is 0.929. The molecule has 0 aliphatic carbocycles. The second-order valence-electron chi connectivity index (χ2n) is 5.60. The molecule has 0 heteroatoms. The minimum absolute atomic E-state index is 0.226. The highest BCUT2D eigenvalue weighted by atomic mass is 14.3. The Morgan fingerprint density at radius 2 is 1.64 bits per heavy atom. The van der Waals surface area contributed by atoms with Gasteiger partial charge in [-0.05, 0) is 24.2 Å². The minimum Gasteiger partial charge on any atom is -0.0654 e. The monoisotopic (exact) mass is 197 g/mol. The van der Waals surface area contributed by atoms with Crippen LogP contribution in [0.4, 0.5) is 0 Å². The minimum atomic E-state index is 0.226. The third-order valence-corrected chi connectivity index (χ3v) is 3.60. The zero-order valence-electron chi connectivity index (χ0n) is 10.9. The van der Waals surface area contributed by atoms with E-state index in [-0.39, 0.29) is 5.41 Å². The molecular weight excluding hydrogens is 168 g/mol. The maximum atomic E-state index is 4.24. The molecule has 0 N–H and O–H groups in total. The second kappa shape index (κ2) is 6.48. The van der Waals surface area contributed by atoms with Gasteiger partial charge in [-0.2, -0.15) is 0 Å². The molecule has 0 aliphatic rings. The van der Waals surface area contributed by atoms with Crippen LogP contribution in [0.15, 0.2) is 0 Å². The molecule has 0 fully saturated rings. The molecular formula is C14H29. The molecule has 2 unspecified atom stereocenters. The highest BCUT2D eigenvalue weighted by Gasteiger charge is 2.24. The van der Waals surface area contributed by atoms with Crippen molar-refractivity contribution in [3.63, 3.8) is 0 Å². The molecule has 14 heavy (non-hydrogen) atoms. The first-order valence-electron chi connectivity index (χ1n) is 6.25. The number of unbranched alkanes of at least 4 members (excludes halogenated alkanes) is 3. The van der Waals surface area contributed by atoms with Crippen molar-refractivity contribution in [2.75, 3.05) is 0 Å². The average Bonchev–Trinajstić information content (AvgIpc) is 2.09. The molecule has 0 aromatic carbocycles. The molecule has 1 radical (unpaired) electrons. The largest absolute Gasteiger partial charge is 0.0654 e. The van der Waals surface area contributed by atoms with Crippen LogP contribution in [0.2, 0.25) is 0 Å². The number of hydrogen-bond donors (Lipinski definition) is 0. The van der Waals surface area contributed by atoms with Gasteiger partial charge in [0.2, 0.25) is 0 Å². The molecule has 0 bridgehead atoms. The van der Waals surface area contributed by atoms with Crippen LogP contribution < -0.4 is 0 Å². The quantitative estimate of drug-likeness (QED) is 0.499. The van der Waals surface area contributed by atoms with Crippen LogP contribution in [-0.4, -0.2) is 0 Å². The van der Waals surface area contributed by atoms with Crippen molar-refractivity contribution in [3.05, 3.63) is 6.92 Å². The Bertz CT molecular complexity index is 129. The zero-order valence-corrected chi connectivity index (χ0v) is 10.9. The van der Waals surface area contributed by atoms with E-state index < -0.39 is 0 Å². The molecule has 0 spiro atoms. The van der Waals surface area contributed by atoms with Crippen molar-refractivity contribution in [1.82, 2.24) is 0 Å². The third-order valence-electron chi connectivity index (χ3n) is 3.60. The summed E-state index contributed by atoms with van der Waals surface area (Å²) in [6, 6.07) is 0. The predicted molar refractivity (Wildman–Crippen MR) is 66.2 cm³/mol. The van der Waals surface area contributed by atoms with Crippen molar-refractivity contribution in [1.29, 1.82) is 0 Å². The van der Waals surface area contributed by atoms with Crippen molar-refractivity contribution in [2.24, 2.45) is 17.3 Å². The summed E-state index contributed by atoms with van der Waals surface area (Å²) in [6.07, 6.45) is 6.92. The number of hydrogen-bond acceptors (Lipinski definition) is 0. The van der Waals surface area contributed by atoms with Gasteiger partial charge in [-0.3, -0.25) is 0 Å². The molecule has 0 nitrogen and oxygen atoms in total. The van der Waals surface area contributed by atoms with Crippen LogP contribution in [0.3, 0.4) is 0 Å². The summed E-state index contributed by atoms with van der Waals surface area (Å²) < 4.78 is 0. The third kappa shape index (κ3) is 5.67. The van der Waals surface area contributed by atoms with E-state index in [9.17, 15) is 0 Å². The molecule has 0 aromatic rings. The number of rotatable bonds is 7. The fourth-order valence-electron chi connectivity index (χ4n) is 1.91. The van der Waals surface area contributed by atoms with Crippen molar-refractivity contribution in [2.45, 2.75) is 66.7 Å². The van der Waals surface area contributed by atoms with E-state index in [0.29, 0.717) is 0 Å². The van der Waals surface area contributed by atoms with Gasteiger partial charge in [0.05, 0.1) is 0 Å². The predicted octanol–water partition coefficient (Wildman–Crippen LogP) is 5.09. The Balaban J connectivity index is 3.68. The van der Waals surface area contributed by atoms with E-state index in [0.717, 1.165) is 11.8 Å². The normalized spacial score (nSPS) is 16.7. The summed E-state index contributed by atoms with van der Waals surface area (Å²) in [5.74, 6) is 1.54. The van der Waals surface area contributed by atoms with Crippen LogP contribution in [0.25, 0.3) is 0 Å². The first-order valence-corrected chi connectivity index (χ1v) is 6.25. The molecule has 0 amide bonds. The summed E-state index contributed by atoms with van der Waals surface area (Å²) in [4.78, 5) is 0. The standard InChI is InChI=1S/C14H29/c1-7-8-9-10-11-12(2)13(3)14(4,5)6/h12-13H,4,7-11H2,1-3,5-6H3. The Kier molecular flexibility index (Phi) is 6.48. The van der Waals surface area contributed by atoms with Gasteiger partial charge in [0.1, 0.15) is 0 Å². The Labute approximate surface area is 91.5 Å². The zero-order chi connectivity index (χ0) is 11.2. The first kappa shape index (κ1) is 14.0. The SMILES string of the molecule is [CH2]C(C)(C)C(C)C(C)CCCCCC. The molecule has 0 saturated heterocycles. The van der Waals surface area contributed by atoms with Crippen LogP contribution in [0, 0.1) is 24.2 Å². The van der Waals surface area contributed by atoms with Crippen molar-refractivity contribution in [3.8, 4) is 0 Å². The highest BCUT2D eigenvalue weighted by Crippen LogP contribution is 2.33. The first-order chi connectivity index (χ1) is 6.39. The lowest BCUT2D eigenvalue weighted by Crippen LogP contribution is -2.24. The lowest BCUT2D eigenvalue weighted by atomic mass is 9.73. The Morgan fingerprint density at radius 1 is 1.07 bits per heavy atom. The summed E-state index contributed by atoms with van der Waals surface area (Å²) in [6.45, 7) is 15.7. The van der Waals surface area contributed by atoms with E-state index in [2.05, 4.69) is 41.5 Å². The molecule has 0 heterocycles. The maximum Gasteiger partial charge on any atom is -0.0326 e. The van der Waals surface area contributed by atoms with Crippen LogP contribution >= 0.6 is 0 Å². The molecule has 0 aliphatic heterocycles. The van der Waals surface area contributed by atoms with Gasteiger partial charge in [-0.1, -0.05) is 66.7 Å². The summed E-state index contributed by atoms with van der Waals surface area (Å²) in [5.41, 5.74) is 0.226. The van der Waals surface area contributed by atoms with E-state index in [1.54, 1.807) is 0 Å². The average molecular weight is 197 g/mol. The highest BCUT2D eigenvalue weighted by molar-refractivity contribution is 4.80. The van der Waals surface area contributed by atoms with Crippen LogP contribution in [-0.2, 0) is 0 Å². The van der Waals surface area contributed by atoms with Gasteiger partial charge in [0, 0.05) is 0 Å². The van der Waals surface area contributed by atoms with Gasteiger partial charge in [0.15, 0.2) is 0 Å². The summed E-state index contributed by atoms with van der Waals surface area (Å²) in [7, 11) is 0. The van der Waals surface area contributed by atoms with Gasteiger partial charge in [-0.25, -0.2) is 0 Å². The topological polar surface area (TPSA) is 0 Å². The summed E-state index contributed by atoms with van der Waals surface area (Å²) >= 11 is 0. The molecule has 0 saturated carbocycles. The van der Waals surface area contributed by atoms with E-state index in [1.807, 2.05) is 0 Å². The molecule has 0 rings (SSSR count). The lowest BCUT2D eigenvalue weighted by Gasteiger charge is -2.32.